The normalized spacial score (nSPS) is 13.6. The lowest BCUT2D eigenvalue weighted by Gasteiger charge is -2.23. The average molecular weight is 425 g/mol. The van der Waals surface area contributed by atoms with Gasteiger partial charge in [0.2, 0.25) is 0 Å². The number of hydrogen-bond acceptors (Lipinski definition) is 5. The van der Waals surface area contributed by atoms with Crippen molar-refractivity contribution in [2.45, 2.75) is 51.2 Å². The van der Waals surface area contributed by atoms with E-state index in [0.717, 1.165) is 22.3 Å². The van der Waals surface area contributed by atoms with E-state index in [1.165, 1.54) is 0 Å². The Morgan fingerprint density at radius 2 is 1.55 bits per heavy atom. The third-order valence-corrected chi connectivity index (χ3v) is 4.98. The SMILES string of the molecule is CC(C)(C)OC(=O)N[C@H](CCC(=O)O)C(=O)OCC1c2ccccc2-c2ccccc21. The summed E-state index contributed by atoms with van der Waals surface area (Å²) < 4.78 is 10.8. The Balaban J connectivity index is 1.71. The standard InChI is InChI=1S/C24H27NO6/c1-24(2,3)31-23(29)25-20(12-13-21(26)27)22(28)30-14-19-17-10-6-4-8-15(17)16-9-5-7-11-18(16)19/h4-11,19-20H,12-14H2,1-3H3,(H,25,29)(H,26,27)/t20-/m1/s1. The minimum absolute atomic E-state index is 0.0897. The Labute approximate surface area is 181 Å². The lowest BCUT2D eigenvalue weighted by molar-refractivity contribution is -0.147. The van der Waals surface area contributed by atoms with Gasteiger partial charge in [0.1, 0.15) is 18.2 Å². The molecule has 2 N–H and O–H groups in total. The van der Waals surface area contributed by atoms with Crippen molar-refractivity contribution in [2.24, 2.45) is 0 Å². The molecular weight excluding hydrogens is 398 g/mol. The van der Waals surface area contributed by atoms with E-state index in [-0.39, 0.29) is 25.4 Å². The lowest BCUT2D eigenvalue weighted by Crippen LogP contribution is -2.44. The molecule has 0 saturated carbocycles. The van der Waals surface area contributed by atoms with E-state index in [0.29, 0.717) is 0 Å². The summed E-state index contributed by atoms with van der Waals surface area (Å²) in [6.07, 6.45) is -1.17. The highest BCUT2D eigenvalue weighted by molar-refractivity contribution is 5.83. The minimum Gasteiger partial charge on any atom is -0.481 e. The summed E-state index contributed by atoms with van der Waals surface area (Å²) in [4.78, 5) is 35.9. The summed E-state index contributed by atoms with van der Waals surface area (Å²) in [5.41, 5.74) is 3.60. The van der Waals surface area contributed by atoms with Crippen LogP contribution >= 0.6 is 0 Å². The van der Waals surface area contributed by atoms with Crippen LogP contribution in [-0.2, 0) is 19.1 Å². The van der Waals surface area contributed by atoms with E-state index in [1.54, 1.807) is 20.8 Å². The molecule has 0 bridgehead atoms. The molecule has 7 heteroatoms. The maximum absolute atomic E-state index is 12.8. The summed E-state index contributed by atoms with van der Waals surface area (Å²) in [5.74, 6) is -1.88. The number of rotatable bonds is 7. The van der Waals surface area contributed by atoms with Crippen molar-refractivity contribution in [1.29, 1.82) is 0 Å². The number of benzene rings is 2. The molecule has 0 spiro atoms. The molecule has 0 saturated heterocycles. The summed E-state index contributed by atoms with van der Waals surface area (Å²) in [6, 6.07) is 14.8. The second-order valence-electron chi connectivity index (χ2n) is 8.49. The number of carbonyl (C=O) groups is 3. The quantitative estimate of drug-likeness (QED) is 0.648. The third-order valence-electron chi connectivity index (χ3n) is 4.98. The number of esters is 1. The molecule has 0 radical (unpaired) electrons. The van der Waals surface area contributed by atoms with Crippen molar-refractivity contribution in [2.75, 3.05) is 6.61 Å². The molecule has 2 aromatic rings. The van der Waals surface area contributed by atoms with Crippen LogP contribution in [0.5, 0.6) is 0 Å². The monoisotopic (exact) mass is 425 g/mol. The van der Waals surface area contributed by atoms with Gasteiger partial charge in [-0.1, -0.05) is 48.5 Å². The van der Waals surface area contributed by atoms with Crippen LogP contribution in [0.25, 0.3) is 11.1 Å². The van der Waals surface area contributed by atoms with Gasteiger partial charge in [-0.25, -0.2) is 9.59 Å². The first-order valence-electron chi connectivity index (χ1n) is 10.2. The Kier molecular flexibility index (Phi) is 6.63. The Morgan fingerprint density at radius 3 is 2.06 bits per heavy atom. The van der Waals surface area contributed by atoms with Crippen molar-refractivity contribution in [1.82, 2.24) is 5.32 Å². The molecule has 1 aliphatic carbocycles. The van der Waals surface area contributed by atoms with Crippen molar-refractivity contribution >= 4 is 18.0 Å². The molecule has 0 aromatic heterocycles. The maximum atomic E-state index is 12.8. The van der Waals surface area contributed by atoms with Crippen LogP contribution in [0.15, 0.2) is 48.5 Å². The number of hydrogen-bond donors (Lipinski definition) is 2. The first-order valence-corrected chi connectivity index (χ1v) is 10.2. The number of nitrogens with one attached hydrogen (secondary N) is 1. The molecule has 31 heavy (non-hydrogen) atoms. The van der Waals surface area contributed by atoms with Gasteiger partial charge in [-0.2, -0.15) is 0 Å². The topological polar surface area (TPSA) is 102 Å². The zero-order valence-corrected chi connectivity index (χ0v) is 17.9. The lowest BCUT2D eigenvalue weighted by atomic mass is 9.98. The van der Waals surface area contributed by atoms with Gasteiger partial charge in [-0.3, -0.25) is 4.79 Å². The minimum atomic E-state index is -1.11. The fraction of sp³-hybridized carbons (Fsp3) is 0.375. The fourth-order valence-electron chi connectivity index (χ4n) is 3.67. The molecule has 0 heterocycles. The number of aliphatic carboxylic acids is 1. The molecule has 0 aliphatic heterocycles. The molecule has 1 aliphatic rings. The van der Waals surface area contributed by atoms with E-state index >= 15 is 0 Å². The van der Waals surface area contributed by atoms with Crippen LogP contribution in [-0.4, -0.2) is 41.4 Å². The smallest absolute Gasteiger partial charge is 0.408 e. The van der Waals surface area contributed by atoms with Crippen molar-refractivity contribution in [3.63, 3.8) is 0 Å². The van der Waals surface area contributed by atoms with Gasteiger partial charge >= 0.3 is 18.0 Å². The Hall–Kier alpha value is -3.35. The largest absolute Gasteiger partial charge is 0.481 e. The third kappa shape index (κ3) is 5.63. The summed E-state index contributed by atoms with van der Waals surface area (Å²) in [5, 5.41) is 11.4. The zero-order chi connectivity index (χ0) is 22.6. The van der Waals surface area contributed by atoms with Gasteiger partial charge in [-0.05, 0) is 49.4 Å². The number of alkyl carbamates (subject to hydrolysis) is 1. The Morgan fingerprint density at radius 1 is 1.00 bits per heavy atom. The van der Waals surface area contributed by atoms with Gasteiger partial charge in [0.05, 0.1) is 0 Å². The van der Waals surface area contributed by atoms with E-state index in [2.05, 4.69) is 5.32 Å². The molecule has 3 rings (SSSR count). The van der Waals surface area contributed by atoms with Crippen LogP contribution in [0.2, 0.25) is 0 Å². The second kappa shape index (κ2) is 9.20. The van der Waals surface area contributed by atoms with Crippen LogP contribution < -0.4 is 5.32 Å². The highest BCUT2D eigenvalue weighted by Crippen LogP contribution is 2.44. The highest BCUT2D eigenvalue weighted by Gasteiger charge is 2.31. The van der Waals surface area contributed by atoms with Crippen LogP contribution in [0.1, 0.15) is 50.7 Å². The van der Waals surface area contributed by atoms with E-state index in [4.69, 9.17) is 14.6 Å². The number of carboxylic acid groups (broad SMARTS) is 1. The predicted octanol–water partition coefficient (Wildman–Crippen LogP) is 4.10. The van der Waals surface area contributed by atoms with Crippen LogP contribution in [0, 0.1) is 0 Å². The molecular formula is C24H27NO6. The summed E-state index contributed by atoms with van der Waals surface area (Å²) in [6.45, 7) is 5.19. The predicted molar refractivity (Wildman–Crippen MR) is 115 cm³/mol. The van der Waals surface area contributed by atoms with Crippen molar-refractivity contribution in [3.8, 4) is 11.1 Å². The maximum Gasteiger partial charge on any atom is 0.408 e. The van der Waals surface area contributed by atoms with E-state index in [1.807, 2.05) is 48.5 Å². The number of carbonyl (C=O) groups excluding carboxylic acids is 2. The Bertz CT molecular complexity index is 933. The molecule has 164 valence electrons. The highest BCUT2D eigenvalue weighted by atomic mass is 16.6. The zero-order valence-electron chi connectivity index (χ0n) is 17.9. The van der Waals surface area contributed by atoms with E-state index in [9.17, 15) is 14.4 Å². The van der Waals surface area contributed by atoms with Gasteiger partial charge < -0.3 is 19.9 Å². The van der Waals surface area contributed by atoms with Gasteiger partial charge in [0.25, 0.3) is 0 Å². The molecule has 0 fully saturated rings. The summed E-state index contributed by atoms with van der Waals surface area (Å²) in [7, 11) is 0. The van der Waals surface area contributed by atoms with Crippen molar-refractivity contribution < 1.29 is 29.0 Å². The molecule has 0 unspecified atom stereocenters. The van der Waals surface area contributed by atoms with Crippen LogP contribution in [0.4, 0.5) is 4.79 Å². The molecule has 1 atom stereocenters. The molecule has 7 nitrogen and oxygen atoms in total. The first kappa shape index (κ1) is 22.3. The number of fused-ring (bicyclic) bond motifs is 3. The van der Waals surface area contributed by atoms with Gasteiger partial charge in [0, 0.05) is 12.3 Å². The van der Waals surface area contributed by atoms with Crippen molar-refractivity contribution in [3.05, 3.63) is 59.7 Å². The average Bonchev–Trinajstić information content (AvgIpc) is 3.01. The summed E-state index contributed by atoms with van der Waals surface area (Å²) >= 11 is 0. The second-order valence-corrected chi connectivity index (χ2v) is 8.49. The molecule has 2 aromatic carbocycles. The van der Waals surface area contributed by atoms with E-state index < -0.39 is 29.7 Å². The van der Waals surface area contributed by atoms with Crippen LogP contribution in [0.3, 0.4) is 0 Å². The fourth-order valence-corrected chi connectivity index (χ4v) is 3.67. The van der Waals surface area contributed by atoms with Gasteiger partial charge in [-0.15, -0.1) is 0 Å². The number of carboxylic acids is 1. The number of ether oxygens (including phenoxy) is 2. The first-order chi connectivity index (χ1) is 14.7. The van der Waals surface area contributed by atoms with Gasteiger partial charge in [0.15, 0.2) is 0 Å². The molecule has 1 amide bonds. The number of amides is 1.